The summed E-state index contributed by atoms with van der Waals surface area (Å²) in [5, 5.41) is 7.70. The number of rotatable bonds is 4. The van der Waals surface area contributed by atoms with Crippen LogP contribution in [0, 0.1) is 5.82 Å². The maximum absolute atomic E-state index is 12.8. The Morgan fingerprint density at radius 3 is 2.84 bits per heavy atom. The summed E-state index contributed by atoms with van der Waals surface area (Å²) in [5.74, 6) is 0.884. The molecule has 0 N–H and O–H groups in total. The highest BCUT2D eigenvalue weighted by Crippen LogP contribution is 2.25. The molecule has 0 saturated carbocycles. The number of hydrogen-bond acceptors (Lipinski definition) is 6. The first kappa shape index (κ1) is 12.3. The Hall–Kier alpha value is -1.73. The summed E-state index contributed by atoms with van der Waals surface area (Å²) in [5.41, 5.74) is 3.27. The second-order valence-electron chi connectivity index (χ2n) is 3.64. The van der Waals surface area contributed by atoms with E-state index in [1.807, 2.05) is 0 Å². The number of halogens is 1. The smallest absolute Gasteiger partial charge is 0.226 e. The number of nitrogens with zero attached hydrogens (tertiary/aromatic N) is 3. The van der Waals surface area contributed by atoms with Crippen molar-refractivity contribution in [2.75, 3.05) is 0 Å². The molecule has 0 atom stereocenters. The molecular formula is C12H8FN3OS2. The fraction of sp³-hybridized carbons (Fsp3) is 0.0833. The Morgan fingerprint density at radius 1 is 1.26 bits per heavy atom. The van der Waals surface area contributed by atoms with Gasteiger partial charge in [0.2, 0.25) is 5.89 Å². The number of oxazole rings is 1. The van der Waals surface area contributed by atoms with Crippen LogP contribution < -0.4 is 0 Å². The fourth-order valence-electron chi connectivity index (χ4n) is 1.46. The minimum Gasteiger partial charge on any atom is -0.444 e. The summed E-state index contributed by atoms with van der Waals surface area (Å²) in [6.45, 7) is 0. The minimum atomic E-state index is -0.276. The number of benzene rings is 1. The third-order valence-corrected chi connectivity index (χ3v) is 4.22. The van der Waals surface area contributed by atoms with Crippen LogP contribution >= 0.6 is 23.1 Å². The molecule has 96 valence electrons. The van der Waals surface area contributed by atoms with Crippen LogP contribution in [0.5, 0.6) is 0 Å². The van der Waals surface area contributed by atoms with Gasteiger partial charge in [-0.2, -0.15) is 0 Å². The lowest BCUT2D eigenvalue weighted by molar-refractivity contribution is 0.573. The molecule has 0 aliphatic carbocycles. The Kier molecular flexibility index (Phi) is 3.56. The molecule has 2 heterocycles. The van der Waals surface area contributed by atoms with Gasteiger partial charge in [0, 0.05) is 11.3 Å². The molecule has 0 unspecified atom stereocenters. The molecule has 0 amide bonds. The van der Waals surface area contributed by atoms with Crippen molar-refractivity contribution in [2.45, 2.75) is 10.1 Å². The first-order valence-corrected chi connectivity index (χ1v) is 7.27. The molecule has 3 aromatic rings. The molecule has 1 aromatic carbocycles. The van der Waals surface area contributed by atoms with Gasteiger partial charge in [-0.3, -0.25) is 0 Å². The van der Waals surface area contributed by atoms with Gasteiger partial charge in [0.1, 0.15) is 17.6 Å². The standard InChI is InChI=1S/C12H8FN3OS2/c13-9-3-1-8(2-4-9)11-15-10(5-17-11)6-18-12-16-14-7-19-12/h1-5,7H,6H2. The van der Waals surface area contributed by atoms with E-state index >= 15 is 0 Å². The summed E-state index contributed by atoms with van der Waals surface area (Å²) in [6.07, 6.45) is 1.60. The van der Waals surface area contributed by atoms with E-state index in [1.54, 1.807) is 35.7 Å². The van der Waals surface area contributed by atoms with Crippen LogP contribution in [0.4, 0.5) is 4.39 Å². The third-order valence-electron chi connectivity index (χ3n) is 2.33. The largest absolute Gasteiger partial charge is 0.444 e. The lowest BCUT2D eigenvalue weighted by Crippen LogP contribution is -1.82. The fourth-order valence-corrected chi connectivity index (χ4v) is 2.83. The highest BCUT2D eigenvalue weighted by atomic mass is 32.2. The van der Waals surface area contributed by atoms with Crippen molar-refractivity contribution in [3.8, 4) is 11.5 Å². The van der Waals surface area contributed by atoms with E-state index in [9.17, 15) is 4.39 Å². The Bertz CT molecular complexity index is 652. The van der Waals surface area contributed by atoms with E-state index in [-0.39, 0.29) is 5.82 Å². The molecule has 2 aromatic heterocycles. The van der Waals surface area contributed by atoms with Crippen LogP contribution in [0.3, 0.4) is 0 Å². The maximum Gasteiger partial charge on any atom is 0.226 e. The summed E-state index contributed by atoms with van der Waals surface area (Å²) < 4.78 is 19.1. The van der Waals surface area contributed by atoms with Gasteiger partial charge >= 0.3 is 0 Å². The van der Waals surface area contributed by atoms with Crippen LogP contribution in [-0.2, 0) is 5.75 Å². The number of hydrogen-bond donors (Lipinski definition) is 0. The van der Waals surface area contributed by atoms with Gasteiger partial charge in [-0.05, 0) is 24.3 Å². The van der Waals surface area contributed by atoms with E-state index in [4.69, 9.17) is 4.42 Å². The molecule has 0 saturated heterocycles. The summed E-state index contributed by atoms with van der Waals surface area (Å²) in [6, 6.07) is 6.05. The quantitative estimate of drug-likeness (QED) is 0.688. The van der Waals surface area contributed by atoms with Crippen molar-refractivity contribution >= 4 is 23.1 Å². The molecule has 19 heavy (non-hydrogen) atoms. The van der Waals surface area contributed by atoms with Gasteiger partial charge in [-0.25, -0.2) is 9.37 Å². The molecule has 0 aliphatic heterocycles. The molecule has 3 rings (SSSR count). The average Bonchev–Trinajstić information content (AvgIpc) is 3.09. The number of thioether (sulfide) groups is 1. The van der Waals surface area contributed by atoms with Crippen molar-refractivity contribution in [3.63, 3.8) is 0 Å². The zero-order valence-corrected chi connectivity index (χ0v) is 11.2. The van der Waals surface area contributed by atoms with Gasteiger partial charge < -0.3 is 4.42 Å². The van der Waals surface area contributed by atoms with Gasteiger partial charge in [0.25, 0.3) is 0 Å². The van der Waals surface area contributed by atoms with Gasteiger partial charge in [0.15, 0.2) is 4.34 Å². The molecule has 0 fully saturated rings. The van der Waals surface area contributed by atoms with E-state index in [1.165, 1.54) is 23.5 Å². The first-order chi connectivity index (χ1) is 9.31. The Balaban J connectivity index is 1.70. The molecule has 0 bridgehead atoms. The van der Waals surface area contributed by atoms with E-state index in [0.717, 1.165) is 15.6 Å². The predicted molar refractivity (Wildman–Crippen MR) is 71.4 cm³/mol. The lowest BCUT2D eigenvalue weighted by atomic mass is 10.2. The maximum atomic E-state index is 12.8. The summed E-state index contributed by atoms with van der Waals surface area (Å²) in [7, 11) is 0. The van der Waals surface area contributed by atoms with Crippen molar-refractivity contribution in [3.05, 3.63) is 47.6 Å². The topological polar surface area (TPSA) is 51.8 Å². The van der Waals surface area contributed by atoms with Crippen molar-refractivity contribution in [1.29, 1.82) is 0 Å². The highest BCUT2D eigenvalue weighted by molar-refractivity contribution is 8.00. The highest BCUT2D eigenvalue weighted by Gasteiger charge is 2.08. The Labute approximate surface area is 116 Å². The van der Waals surface area contributed by atoms with Crippen molar-refractivity contribution < 1.29 is 8.81 Å². The lowest BCUT2D eigenvalue weighted by Gasteiger charge is -1.94. The molecular weight excluding hydrogens is 285 g/mol. The normalized spacial score (nSPS) is 10.8. The summed E-state index contributed by atoms with van der Waals surface area (Å²) >= 11 is 3.04. The third kappa shape index (κ3) is 2.99. The minimum absolute atomic E-state index is 0.276. The van der Waals surface area contributed by atoms with Crippen molar-refractivity contribution in [1.82, 2.24) is 15.2 Å². The van der Waals surface area contributed by atoms with Crippen LogP contribution in [-0.4, -0.2) is 15.2 Å². The molecule has 7 heteroatoms. The molecule has 0 radical (unpaired) electrons. The second kappa shape index (κ2) is 5.50. The van der Waals surface area contributed by atoms with Crippen LogP contribution in [0.2, 0.25) is 0 Å². The number of aromatic nitrogens is 3. The molecule has 0 spiro atoms. The first-order valence-electron chi connectivity index (χ1n) is 5.40. The van der Waals surface area contributed by atoms with E-state index in [2.05, 4.69) is 15.2 Å². The molecule has 4 nitrogen and oxygen atoms in total. The van der Waals surface area contributed by atoms with Crippen LogP contribution in [0.1, 0.15) is 5.69 Å². The van der Waals surface area contributed by atoms with Crippen molar-refractivity contribution in [2.24, 2.45) is 0 Å². The van der Waals surface area contributed by atoms with Gasteiger partial charge in [-0.15, -0.1) is 10.2 Å². The average molecular weight is 293 g/mol. The SMILES string of the molecule is Fc1ccc(-c2nc(CSc3nncs3)co2)cc1. The zero-order chi connectivity index (χ0) is 13.1. The predicted octanol–water partition coefficient (Wildman–Crippen LogP) is 3.62. The monoisotopic (exact) mass is 293 g/mol. The van der Waals surface area contributed by atoms with Crippen LogP contribution in [0.25, 0.3) is 11.5 Å². The second-order valence-corrected chi connectivity index (χ2v) is 5.70. The summed E-state index contributed by atoms with van der Waals surface area (Å²) in [4.78, 5) is 4.36. The zero-order valence-electron chi connectivity index (χ0n) is 9.62. The van der Waals surface area contributed by atoms with E-state index < -0.39 is 0 Å². The van der Waals surface area contributed by atoms with Gasteiger partial charge in [0.05, 0.1) is 5.69 Å². The van der Waals surface area contributed by atoms with Gasteiger partial charge in [-0.1, -0.05) is 23.1 Å². The van der Waals surface area contributed by atoms with E-state index in [0.29, 0.717) is 11.6 Å². The van der Waals surface area contributed by atoms with Crippen LogP contribution in [0.15, 0.2) is 44.8 Å². The Morgan fingerprint density at radius 2 is 2.11 bits per heavy atom. The molecule has 0 aliphatic rings.